The number of nitrogens with zero attached hydrogens (tertiary/aromatic N) is 3. The highest BCUT2D eigenvalue weighted by molar-refractivity contribution is 7.16. The van der Waals surface area contributed by atoms with Gasteiger partial charge in [-0.25, -0.2) is 5.01 Å². The van der Waals surface area contributed by atoms with E-state index in [1.807, 2.05) is 17.1 Å². The van der Waals surface area contributed by atoms with Gasteiger partial charge in [-0.15, -0.1) is 11.3 Å². The molecule has 0 spiro atoms. The van der Waals surface area contributed by atoms with Gasteiger partial charge in [-0.1, -0.05) is 34.8 Å². The molecular weight excluding hydrogens is 439 g/mol. The molecule has 150 valence electrons. The number of benzene rings is 1. The minimum atomic E-state index is -0.193. The topological polar surface area (TPSA) is 47.9 Å². The summed E-state index contributed by atoms with van der Waals surface area (Å²) in [5, 5.41) is 9.13. The molecule has 2 heterocycles. The molecule has 1 aliphatic heterocycles. The lowest BCUT2D eigenvalue weighted by molar-refractivity contribution is -0.119. The maximum atomic E-state index is 12.8. The first-order chi connectivity index (χ1) is 13.4. The van der Waals surface area contributed by atoms with Crippen molar-refractivity contribution in [3.05, 3.63) is 49.6 Å². The van der Waals surface area contributed by atoms with E-state index >= 15 is 0 Å². The van der Waals surface area contributed by atoms with Crippen LogP contribution in [0.3, 0.4) is 0 Å². The SMILES string of the molecule is CN(/N=C(\CCc1ccc(Cl)s1)C(=O)NN1CCCC1)c1ccc(Cl)cc1Cl. The Morgan fingerprint density at radius 2 is 1.96 bits per heavy atom. The third-order valence-electron chi connectivity index (χ3n) is 4.39. The Labute approximate surface area is 183 Å². The van der Waals surface area contributed by atoms with Crippen LogP contribution in [-0.4, -0.2) is 36.8 Å². The molecule has 1 saturated heterocycles. The standard InChI is InChI=1S/C19H21Cl3N4OS/c1-25(17-8-4-13(20)12-15(17)21)23-16(7-5-14-6-9-18(22)28-14)19(27)24-26-10-2-3-11-26/h4,6,8-9,12H,2-3,5,7,10-11H2,1H3,(H,24,27)/b23-16+. The van der Waals surface area contributed by atoms with Gasteiger partial charge in [-0.05, 0) is 49.6 Å². The Morgan fingerprint density at radius 1 is 1.21 bits per heavy atom. The zero-order valence-electron chi connectivity index (χ0n) is 15.4. The number of thiophene rings is 1. The van der Waals surface area contributed by atoms with Gasteiger partial charge < -0.3 is 0 Å². The Kier molecular flexibility index (Phi) is 7.60. The van der Waals surface area contributed by atoms with E-state index in [1.54, 1.807) is 30.3 Å². The van der Waals surface area contributed by atoms with Crippen LogP contribution in [0.5, 0.6) is 0 Å². The molecule has 2 aromatic rings. The van der Waals surface area contributed by atoms with Gasteiger partial charge in [0.2, 0.25) is 0 Å². The molecule has 0 radical (unpaired) electrons. The minimum absolute atomic E-state index is 0.193. The monoisotopic (exact) mass is 458 g/mol. The zero-order valence-corrected chi connectivity index (χ0v) is 18.5. The number of aryl methyl sites for hydroxylation is 1. The van der Waals surface area contributed by atoms with Crippen molar-refractivity contribution in [3.8, 4) is 0 Å². The molecule has 1 fully saturated rings. The van der Waals surface area contributed by atoms with Gasteiger partial charge in [-0.3, -0.25) is 15.2 Å². The smallest absolute Gasteiger partial charge is 0.281 e. The van der Waals surface area contributed by atoms with Crippen molar-refractivity contribution in [3.63, 3.8) is 0 Å². The first-order valence-corrected chi connectivity index (χ1v) is 10.9. The third-order valence-corrected chi connectivity index (χ3v) is 6.22. The van der Waals surface area contributed by atoms with Gasteiger partial charge in [0.05, 0.1) is 15.0 Å². The number of rotatable bonds is 7. The average Bonchev–Trinajstić information content (AvgIpc) is 3.30. The van der Waals surface area contributed by atoms with Crippen molar-refractivity contribution < 1.29 is 4.79 Å². The molecule has 3 rings (SSSR count). The number of hydrogen-bond donors (Lipinski definition) is 1. The lowest BCUT2D eigenvalue weighted by Crippen LogP contribution is -2.44. The first-order valence-electron chi connectivity index (χ1n) is 8.99. The van der Waals surface area contributed by atoms with Gasteiger partial charge in [-0.2, -0.15) is 5.10 Å². The van der Waals surface area contributed by atoms with E-state index < -0.39 is 0 Å². The summed E-state index contributed by atoms with van der Waals surface area (Å²) < 4.78 is 0.736. The molecule has 0 aliphatic carbocycles. The van der Waals surface area contributed by atoms with E-state index in [2.05, 4.69) is 10.5 Å². The van der Waals surface area contributed by atoms with Gasteiger partial charge in [0.1, 0.15) is 5.71 Å². The first kappa shape index (κ1) is 21.4. The summed E-state index contributed by atoms with van der Waals surface area (Å²) in [5.74, 6) is -0.193. The molecule has 5 nitrogen and oxygen atoms in total. The molecule has 1 aromatic carbocycles. The van der Waals surface area contributed by atoms with Gasteiger partial charge in [0, 0.05) is 36.5 Å². The maximum Gasteiger partial charge on any atom is 0.281 e. The van der Waals surface area contributed by atoms with E-state index in [0.29, 0.717) is 34.3 Å². The van der Waals surface area contributed by atoms with Crippen molar-refractivity contribution in [2.75, 3.05) is 25.1 Å². The molecule has 1 aromatic heterocycles. The van der Waals surface area contributed by atoms with Gasteiger partial charge >= 0.3 is 0 Å². The highest BCUT2D eigenvalue weighted by Crippen LogP contribution is 2.28. The number of hydrazone groups is 1. The normalized spacial score (nSPS) is 15.1. The van der Waals surface area contributed by atoms with E-state index in [0.717, 1.165) is 35.1 Å². The maximum absolute atomic E-state index is 12.8. The second-order valence-corrected chi connectivity index (χ2v) is 9.15. The number of anilines is 1. The largest absolute Gasteiger partial charge is 0.284 e. The quantitative estimate of drug-likeness (QED) is 0.454. The van der Waals surface area contributed by atoms with Crippen LogP contribution in [0.4, 0.5) is 5.69 Å². The summed E-state index contributed by atoms with van der Waals surface area (Å²) >= 11 is 19.8. The van der Waals surface area contributed by atoms with Crippen LogP contribution in [0.15, 0.2) is 35.4 Å². The molecule has 0 saturated carbocycles. The average molecular weight is 460 g/mol. The van der Waals surface area contributed by atoms with Crippen LogP contribution >= 0.6 is 46.1 Å². The number of amides is 1. The van der Waals surface area contributed by atoms with Crippen molar-refractivity contribution in [1.29, 1.82) is 0 Å². The van der Waals surface area contributed by atoms with Crippen LogP contribution in [0.25, 0.3) is 0 Å². The summed E-state index contributed by atoms with van der Waals surface area (Å²) in [6.45, 7) is 1.72. The Balaban J connectivity index is 1.78. The van der Waals surface area contributed by atoms with Gasteiger partial charge in [0.15, 0.2) is 0 Å². The van der Waals surface area contributed by atoms with Crippen molar-refractivity contribution >= 4 is 63.4 Å². The minimum Gasteiger partial charge on any atom is -0.284 e. The molecule has 0 unspecified atom stereocenters. The molecule has 1 amide bonds. The molecule has 28 heavy (non-hydrogen) atoms. The number of hydrazine groups is 1. The molecule has 9 heteroatoms. The summed E-state index contributed by atoms with van der Waals surface area (Å²) in [6, 6.07) is 9.02. The Bertz CT molecular complexity index is 865. The van der Waals surface area contributed by atoms with E-state index in [1.165, 1.54) is 11.3 Å². The number of nitrogens with one attached hydrogen (secondary N) is 1. The molecule has 1 N–H and O–H groups in total. The number of carbonyl (C=O) groups is 1. The van der Waals surface area contributed by atoms with Crippen molar-refractivity contribution in [1.82, 2.24) is 10.4 Å². The van der Waals surface area contributed by atoms with Crippen LogP contribution < -0.4 is 10.4 Å². The molecular formula is C19H21Cl3N4OS. The molecule has 0 atom stereocenters. The Hall–Kier alpha value is -1.31. The fraction of sp³-hybridized carbons (Fsp3) is 0.368. The second-order valence-electron chi connectivity index (χ2n) is 6.51. The fourth-order valence-corrected chi connectivity index (χ4v) is 4.57. The summed E-state index contributed by atoms with van der Waals surface area (Å²) in [4.78, 5) is 14.0. The summed E-state index contributed by atoms with van der Waals surface area (Å²) in [5.41, 5.74) is 4.07. The number of carbonyl (C=O) groups excluding carboxylic acids is 1. The van der Waals surface area contributed by atoms with E-state index in [9.17, 15) is 4.79 Å². The van der Waals surface area contributed by atoms with E-state index in [4.69, 9.17) is 34.8 Å². The fourth-order valence-electron chi connectivity index (χ4n) is 2.95. The van der Waals surface area contributed by atoms with E-state index in [-0.39, 0.29) is 5.91 Å². The predicted octanol–water partition coefficient (Wildman–Crippen LogP) is 5.26. The van der Waals surface area contributed by atoms with Crippen LogP contribution in [0.1, 0.15) is 24.1 Å². The highest BCUT2D eigenvalue weighted by atomic mass is 35.5. The summed E-state index contributed by atoms with van der Waals surface area (Å²) in [6.07, 6.45) is 3.35. The number of halogens is 3. The second kappa shape index (κ2) is 9.94. The zero-order chi connectivity index (χ0) is 20.1. The predicted molar refractivity (Wildman–Crippen MR) is 119 cm³/mol. The lowest BCUT2D eigenvalue weighted by atomic mass is 10.2. The highest BCUT2D eigenvalue weighted by Gasteiger charge is 2.20. The van der Waals surface area contributed by atoms with Crippen LogP contribution in [-0.2, 0) is 11.2 Å². The Morgan fingerprint density at radius 3 is 2.61 bits per heavy atom. The van der Waals surface area contributed by atoms with Crippen LogP contribution in [0.2, 0.25) is 14.4 Å². The van der Waals surface area contributed by atoms with Crippen molar-refractivity contribution in [2.45, 2.75) is 25.7 Å². The van der Waals surface area contributed by atoms with Crippen molar-refractivity contribution in [2.24, 2.45) is 5.10 Å². The summed E-state index contributed by atoms with van der Waals surface area (Å²) in [7, 11) is 1.76. The molecule has 0 bridgehead atoms. The number of hydrogen-bond acceptors (Lipinski definition) is 5. The molecule has 1 aliphatic rings. The van der Waals surface area contributed by atoms with Gasteiger partial charge in [0.25, 0.3) is 5.91 Å². The third kappa shape index (κ3) is 5.84. The van der Waals surface area contributed by atoms with Crippen LogP contribution in [0, 0.1) is 0 Å². The lowest BCUT2D eigenvalue weighted by Gasteiger charge is -2.20.